The molecular formula is C13H17N5O. The Balaban J connectivity index is 2.17. The predicted octanol–water partition coefficient (Wildman–Crippen LogP) is 0.978. The SMILES string of the molecule is Cc1cc(N)c(C(=O)N(C)Cc2nccn2C)cn1. The number of pyridine rings is 1. The number of aromatic nitrogens is 3. The molecular weight excluding hydrogens is 242 g/mol. The first-order valence-electron chi connectivity index (χ1n) is 5.93. The molecule has 100 valence electrons. The molecule has 0 spiro atoms. The van der Waals surface area contributed by atoms with E-state index >= 15 is 0 Å². The third kappa shape index (κ3) is 2.73. The molecule has 0 atom stereocenters. The third-order valence-electron chi connectivity index (χ3n) is 2.95. The molecule has 0 saturated carbocycles. The van der Waals surface area contributed by atoms with E-state index in [1.807, 2.05) is 24.7 Å². The lowest BCUT2D eigenvalue weighted by Gasteiger charge is -2.17. The number of anilines is 1. The highest BCUT2D eigenvalue weighted by atomic mass is 16.2. The second-order valence-corrected chi connectivity index (χ2v) is 4.53. The lowest BCUT2D eigenvalue weighted by molar-refractivity contribution is 0.0781. The van der Waals surface area contributed by atoms with E-state index in [4.69, 9.17) is 5.73 Å². The zero-order valence-corrected chi connectivity index (χ0v) is 11.3. The van der Waals surface area contributed by atoms with Crippen LogP contribution in [0.3, 0.4) is 0 Å². The summed E-state index contributed by atoms with van der Waals surface area (Å²) >= 11 is 0. The average Bonchev–Trinajstić information content (AvgIpc) is 2.74. The van der Waals surface area contributed by atoms with Crippen molar-refractivity contribution in [3.8, 4) is 0 Å². The van der Waals surface area contributed by atoms with Crippen molar-refractivity contribution in [2.24, 2.45) is 7.05 Å². The third-order valence-corrected chi connectivity index (χ3v) is 2.95. The molecule has 2 heterocycles. The molecule has 6 heteroatoms. The first-order valence-corrected chi connectivity index (χ1v) is 5.93. The van der Waals surface area contributed by atoms with Gasteiger partial charge < -0.3 is 15.2 Å². The van der Waals surface area contributed by atoms with Gasteiger partial charge in [-0.3, -0.25) is 9.78 Å². The van der Waals surface area contributed by atoms with Gasteiger partial charge in [0.2, 0.25) is 0 Å². The number of imidazole rings is 1. The molecule has 1 amide bonds. The molecule has 0 fully saturated rings. The van der Waals surface area contributed by atoms with Gasteiger partial charge in [-0.05, 0) is 13.0 Å². The maximum absolute atomic E-state index is 12.3. The first kappa shape index (κ1) is 13.1. The van der Waals surface area contributed by atoms with Gasteiger partial charge in [0.1, 0.15) is 5.82 Å². The fourth-order valence-corrected chi connectivity index (χ4v) is 1.80. The van der Waals surface area contributed by atoms with Crippen LogP contribution in [0.15, 0.2) is 24.7 Å². The van der Waals surface area contributed by atoms with Gasteiger partial charge >= 0.3 is 0 Å². The fraction of sp³-hybridized carbons (Fsp3) is 0.308. The number of carbonyl (C=O) groups is 1. The van der Waals surface area contributed by atoms with Crippen molar-refractivity contribution in [1.82, 2.24) is 19.4 Å². The van der Waals surface area contributed by atoms with Gasteiger partial charge in [-0.2, -0.15) is 0 Å². The minimum atomic E-state index is -0.159. The van der Waals surface area contributed by atoms with Crippen LogP contribution in [0.5, 0.6) is 0 Å². The topological polar surface area (TPSA) is 77.0 Å². The molecule has 19 heavy (non-hydrogen) atoms. The highest BCUT2D eigenvalue weighted by Crippen LogP contribution is 2.14. The summed E-state index contributed by atoms with van der Waals surface area (Å²) in [5.41, 5.74) is 7.51. The van der Waals surface area contributed by atoms with E-state index in [0.717, 1.165) is 11.5 Å². The predicted molar refractivity (Wildman–Crippen MR) is 72.4 cm³/mol. The van der Waals surface area contributed by atoms with Gasteiger partial charge in [0.05, 0.1) is 12.1 Å². The maximum Gasteiger partial charge on any atom is 0.257 e. The highest BCUT2D eigenvalue weighted by molar-refractivity contribution is 5.98. The Kier molecular flexibility index (Phi) is 3.50. The van der Waals surface area contributed by atoms with Crippen LogP contribution in [0.2, 0.25) is 0 Å². The summed E-state index contributed by atoms with van der Waals surface area (Å²) in [7, 11) is 3.61. The van der Waals surface area contributed by atoms with Crippen LogP contribution in [-0.4, -0.2) is 32.4 Å². The highest BCUT2D eigenvalue weighted by Gasteiger charge is 2.16. The van der Waals surface area contributed by atoms with Crippen LogP contribution in [-0.2, 0) is 13.6 Å². The van der Waals surface area contributed by atoms with E-state index in [1.54, 1.807) is 24.2 Å². The van der Waals surface area contributed by atoms with Crippen molar-refractivity contribution >= 4 is 11.6 Å². The number of rotatable bonds is 3. The molecule has 0 aliphatic carbocycles. The van der Waals surface area contributed by atoms with Crippen LogP contribution in [0.25, 0.3) is 0 Å². The van der Waals surface area contributed by atoms with Crippen molar-refractivity contribution in [3.63, 3.8) is 0 Å². The minimum Gasteiger partial charge on any atom is -0.398 e. The zero-order valence-electron chi connectivity index (χ0n) is 11.3. The summed E-state index contributed by atoms with van der Waals surface area (Å²) in [5, 5.41) is 0. The van der Waals surface area contributed by atoms with Crippen LogP contribution < -0.4 is 5.73 Å². The van der Waals surface area contributed by atoms with Gasteiger partial charge in [0, 0.05) is 44.1 Å². The number of carbonyl (C=O) groups excluding carboxylic acids is 1. The van der Waals surface area contributed by atoms with Crippen LogP contribution in [0.1, 0.15) is 21.9 Å². The zero-order chi connectivity index (χ0) is 14.0. The smallest absolute Gasteiger partial charge is 0.257 e. The normalized spacial score (nSPS) is 10.5. The number of amides is 1. The Morgan fingerprint density at radius 3 is 2.79 bits per heavy atom. The summed E-state index contributed by atoms with van der Waals surface area (Å²) in [4.78, 5) is 22.2. The monoisotopic (exact) mass is 259 g/mol. The fourth-order valence-electron chi connectivity index (χ4n) is 1.80. The molecule has 0 saturated heterocycles. The molecule has 0 bridgehead atoms. The number of nitrogens with two attached hydrogens (primary N) is 1. The Bertz CT molecular complexity index is 605. The quantitative estimate of drug-likeness (QED) is 0.891. The van der Waals surface area contributed by atoms with E-state index in [9.17, 15) is 4.79 Å². The molecule has 0 aromatic carbocycles. The summed E-state index contributed by atoms with van der Waals surface area (Å²) in [6.45, 7) is 2.26. The molecule has 0 aliphatic rings. The second kappa shape index (κ2) is 5.09. The van der Waals surface area contributed by atoms with Crippen LogP contribution in [0.4, 0.5) is 5.69 Å². The Morgan fingerprint density at radius 1 is 1.47 bits per heavy atom. The van der Waals surface area contributed by atoms with Crippen LogP contribution >= 0.6 is 0 Å². The molecule has 6 nitrogen and oxygen atoms in total. The number of nitrogen functional groups attached to an aromatic ring is 1. The Labute approximate surface area is 111 Å². The van der Waals surface area contributed by atoms with Crippen molar-refractivity contribution in [3.05, 3.63) is 41.7 Å². The number of nitrogens with zero attached hydrogens (tertiary/aromatic N) is 4. The number of hydrogen-bond acceptors (Lipinski definition) is 4. The summed E-state index contributed by atoms with van der Waals surface area (Å²) in [6, 6.07) is 1.70. The Hall–Kier alpha value is -2.37. The largest absolute Gasteiger partial charge is 0.398 e. The first-order chi connectivity index (χ1) is 8.99. The molecule has 2 N–H and O–H groups in total. The van der Waals surface area contributed by atoms with Crippen molar-refractivity contribution in [2.75, 3.05) is 12.8 Å². The van der Waals surface area contributed by atoms with Crippen LogP contribution in [0, 0.1) is 6.92 Å². The lowest BCUT2D eigenvalue weighted by Crippen LogP contribution is -2.28. The standard InChI is InChI=1S/C13H17N5O/c1-9-6-11(14)10(7-16-9)13(19)18(3)8-12-15-4-5-17(12)2/h4-7H,8H2,1-3H3,(H2,14,16). The van der Waals surface area contributed by atoms with Gasteiger partial charge in [-0.25, -0.2) is 4.98 Å². The number of hydrogen-bond donors (Lipinski definition) is 1. The van der Waals surface area contributed by atoms with Crippen molar-refractivity contribution < 1.29 is 4.79 Å². The Morgan fingerprint density at radius 2 is 2.21 bits per heavy atom. The van der Waals surface area contributed by atoms with Gasteiger partial charge in [0.15, 0.2) is 0 Å². The van der Waals surface area contributed by atoms with Gasteiger partial charge in [-0.1, -0.05) is 0 Å². The maximum atomic E-state index is 12.3. The lowest BCUT2D eigenvalue weighted by atomic mass is 10.2. The average molecular weight is 259 g/mol. The van der Waals surface area contributed by atoms with Gasteiger partial charge in [0.25, 0.3) is 5.91 Å². The van der Waals surface area contributed by atoms with E-state index in [2.05, 4.69) is 9.97 Å². The van der Waals surface area contributed by atoms with E-state index in [1.165, 1.54) is 6.20 Å². The van der Waals surface area contributed by atoms with E-state index in [0.29, 0.717) is 17.8 Å². The van der Waals surface area contributed by atoms with Crippen molar-refractivity contribution in [1.29, 1.82) is 0 Å². The summed E-state index contributed by atoms with van der Waals surface area (Å²) in [6.07, 6.45) is 5.06. The van der Waals surface area contributed by atoms with Crippen molar-refractivity contribution in [2.45, 2.75) is 13.5 Å². The summed E-state index contributed by atoms with van der Waals surface area (Å²) < 4.78 is 1.88. The molecule has 2 aromatic rings. The molecule has 0 unspecified atom stereocenters. The van der Waals surface area contributed by atoms with Gasteiger partial charge in [-0.15, -0.1) is 0 Å². The second-order valence-electron chi connectivity index (χ2n) is 4.53. The summed E-state index contributed by atoms with van der Waals surface area (Å²) in [5.74, 6) is 0.655. The molecule has 2 rings (SSSR count). The molecule has 2 aromatic heterocycles. The molecule has 0 radical (unpaired) electrons. The molecule has 0 aliphatic heterocycles. The minimum absolute atomic E-state index is 0.159. The number of aryl methyl sites for hydroxylation is 2. The van der Waals surface area contributed by atoms with E-state index < -0.39 is 0 Å². The van der Waals surface area contributed by atoms with E-state index in [-0.39, 0.29) is 5.91 Å².